The number of anilines is 2. The first kappa shape index (κ1) is 20.1. The first-order chi connectivity index (χ1) is 14.0. The van der Waals surface area contributed by atoms with Gasteiger partial charge in [-0.1, -0.05) is 36.4 Å². The van der Waals surface area contributed by atoms with E-state index in [1.54, 1.807) is 38.3 Å². The summed E-state index contributed by atoms with van der Waals surface area (Å²) in [6, 6.07) is 14.7. The molecule has 150 valence electrons. The van der Waals surface area contributed by atoms with Crippen LogP contribution in [0, 0.1) is 6.92 Å². The van der Waals surface area contributed by atoms with E-state index in [0.29, 0.717) is 17.1 Å². The van der Waals surface area contributed by atoms with Crippen molar-refractivity contribution in [3.63, 3.8) is 0 Å². The predicted molar refractivity (Wildman–Crippen MR) is 110 cm³/mol. The highest BCUT2D eigenvalue weighted by Gasteiger charge is 2.19. The normalized spacial score (nSPS) is 10.4. The van der Waals surface area contributed by atoms with Crippen LogP contribution in [-0.4, -0.2) is 33.9 Å². The maximum Gasteiger partial charge on any atom is 0.278 e. The largest absolute Gasteiger partial charge is 0.497 e. The van der Waals surface area contributed by atoms with Crippen LogP contribution in [0.3, 0.4) is 0 Å². The third-order valence-electron chi connectivity index (χ3n) is 4.49. The minimum atomic E-state index is -0.358. The van der Waals surface area contributed by atoms with Gasteiger partial charge in [-0.05, 0) is 37.1 Å². The lowest BCUT2D eigenvalue weighted by Crippen LogP contribution is -2.21. The van der Waals surface area contributed by atoms with Crippen molar-refractivity contribution in [2.45, 2.75) is 26.8 Å². The highest BCUT2D eigenvalue weighted by Crippen LogP contribution is 2.18. The summed E-state index contributed by atoms with van der Waals surface area (Å²) in [5.41, 5.74) is 3.08. The lowest BCUT2D eigenvalue weighted by molar-refractivity contribution is -0.117. The summed E-state index contributed by atoms with van der Waals surface area (Å²) in [5.74, 6) is 0.00319. The molecule has 1 heterocycles. The molecule has 2 amide bonds. The van der Waals surface area contributed by atoms with Crippen LogP contribution in [0.1, 0.15) is 28.7 Å². The minimum Gasteiger partial charge on any atom is -0.497 e. The number of carbonyl (C=O) groups is 2. The Kier molecular flexibility index (Phi) is 6.23. The van der Waals surface area contributed by atoms with Crippen molar-refractivity contribution in [2.24, 2.45) is 0 Å². The number of ether oxygens (including phenoxy) is 1. The zero-order valence-corrected chi connectivity index (χ0v) is 16.6. The number of methoxy groups -OCH3 is 1. The molecule has 0 fully saturated rings. The van der Waals surface area contributed by atoms with Crippen LogP contribution in [0.15, 0.2) is 48.5 Å². The molecule has 2 aromatic carbocycles. The van der Waals surface area contributed by atoms with E-state index in [2.05, 4.69) is 20.9 Å². The number of carbonyl (C=O) groups excluding carboxylic acids is 2. The van der Waals surface area contributed by atoms with Crippen LogP contribution < -0.4 is 15.4 Å². The van der Waals surface area contributed by atoms with Crippen molar-refractivity contribution < 1.29 is 14.3 Å². The van der Waals surface area contributed by atoms with E-state index < -0.39 is 0 Å². The Bertz CT molecular complexity index is 1030. The van der Waals surface area contributed by atoms with E-state index in [0.717, 1.165) is 17.7 Å². The van der Waals surface area contributed by atoms with Crippen LogP contribution in [0.2, 0.25) is 0 Å². The van der Waals surface area contributed by atoms with Gasteiger partial charge in [0.15, 0.2) is 5.69 Å². The van der Waals surface area contributed by atoms with Gasteiger partial charge < -0.3 is 15.4 Å². The minimum absolute atomic E-state index is 0.0606. The van der Waals surface area contributed by atoms with Gasteiger partial charge in [0.05, 0.1) is 12.8 Å². The van der Waals surface area contributed by atoms with Gasteiger partial charge in [0.1, 0.15) is 12.3 Å². The molecule has 1 aromatic heterocycles. The zero-order valence-electron chi connectivity index (χ0n) is 16.6. The second-order valence-electron chi connectivity index (χ2n) is 6.43. The summed E-state index contributed by atoms with van der Waals surface area (Å²) in [7, 11) is 1.56. The van der Waals surface area contributed by atoms with Crippen molar-refractivity contribution >= 4 is 23.2 Å². The SMILES string of the molecule is CCc1ccccc1NC(=O)c1nnn(CC(=O)Nc2cccc(OC)c2)c1C. The number of para-hydroxylation sites is 1. The number of nitrogens with one attached hydrogen (secondary N) is 2. The van der Waals surface area contributed by atoms with Crippen LogP contribution in [-0.2, 0) is 17.8 Å². The first-order valence-electron chi connectivity index (χ1n) is 9.25. The Labute approximate surface area is 168 Å². The van der Waals surface area contributed by atoms with E-state index in [9.17, 15) is 9.59 Å². The van der Waals surface area contributed by atoms with Gasteiger partial charge in [-0.25, -0.2) is 4.68 Å². The maximum atomic E-state index is 12.6. The number of amides is 2. The number of aromatic nitrogens is 3. The summed E-state index contributed by atoms with van der Waals surface area (Å²) in [5, 5.41) is 13.6. The molecule has 3 rings (SSSR count). The summed E-state index contributed by atoms with van der Waals surface area (Å²) >= 11 is 0. The molecule has 0 aliphatic rings. The highest BCUT2D eigenvalue weighted by atomic mass is 16.5. The van der Waals surface area contributed by atoms with Crippen molar-refractivity contribution in [2.75, 3.05) is 17.7 Å². The molecule has 0 radical (unpaired) electrons. The Morgan fingerprint density at radius 2 is 1.90 bits per heavy atom. The molecule has 0 saturated heterocycles. The Morgan fingerprint density at radius 3 is 2.66 bits per heavy atom. The van der Waals surface area contributed by atoms with Gasteiger partial charge in [-0.3, -0.25) is 9.59 Å². The molecule has 2 N–H and O–H groups in total. The van der Waals surface area contributed by atoms with Crippen molar-refractivity contribution in [3.8, 4) is 5.75 Å². The molecule has 0 unspecified atom stereocenters. The summed E-state index contributed by atoms with van der Waals surface area (Å²) in [6.45, 7) is 3.67. The summed E-state index contributed by atoms with van der Waals surface area (Å²) in [6.07, 6.45) is 0.798. The van der Waals surface area contributed by atoms with Crippen molar-refractivity contribution in [1.29, 1.82) is 0 Å². The van der Waals surface area contributed by atoms with Gasteiger partial charge in [0.25, 0.3) is 5.91 Å². The molecule has 0 bridgehead atoms. The predicted octanol–water partition coefficient (Wildman–Crippen LogP) is 3.05. The van der Waals surface area contributed by atoms with Gasteiger partial charge in [-0.15, -0.1) is 5.10 Å². The van der Waals surface area contributed by atoms with Crippen LogP contribution in [0.5, 0.6) is 5.75 Å². The first-order valence-corrected chi connectivity index (χ1v) is 9.25. The van der Waals surface area contributed by atoms with E-state index >= 15 is 0 Å². The number of benzene rings is 2. The molecule has 3 aromatic rings. The molecule has 29 heavy (non-hydrogen) atoms. The van der Waals surface area contributed by atoms with E-state index in [1.165, 1.54) is 4.68 Å². The molecular weight excluding hydrogens is 370 g/mol. The lowest BCUT2D eigenvalue weighted by Gasteiger charge is -2.09. The second-order valence-corrected chi connectivity index (χ2v) is 6.43. The lowest BCUT2D eigenvalue weighted by atomic mass is 10.1. The number of nitrogens with zero attached hydrogens (tertiary/aromatic N) is 3. The second kappa shape index (κ2) is 9.01. The maximum absolute atomic E-state index is 12.6. The molecule has 0 atom stereocenters. The van der Waals surface area contributed by atoms with Gasteiger partial charge in [0, 0.05) is 17.4 Å². The van der Waals surface area contributed by atoms with E-state index in [-0.39, 0.29) is 24.1 Å². The Balaban J connectivity index is 1.68. The van der Waals surface area contributed by atoms with Crippen LogP contribution in [0.25, 0.3) is 0 Å². The number of aryl methyl sites for hydroxylation is 1. The average Bonchev–Trinajstić information content (AvgIpc) is 3.08. The van der Waals surface area contributed by atoms with Crippen molar-refractivity contribution in [1.82, 2.24) is 15.0 Å². The molecule has 0 spiro atoms. The quantitative estimate of drug-likeness (QED) is 0.643. The van der Waals surface area contributed by atoms with Gasteiger partial charge >= 0.3 is 0 Å². The zero-order chi connectivity index (χ0) is 20.8. The third-order valence-corrected chi connectivity index (χ3v) is 4.49. The Hall–Kier alpha value is -3.68. The summed E-state index contributed by atoms with van der Waals surface area (Å²) < 4.78 is 6.54. The fraction of sp³-hybridized carbons (Fsp3) is 0.238. The highest BCUT2D eigenvalue weighted by molar-refractivity contribution is 6.04. The van der Waals surface area contributed by atoms with Crippen LogP contribution in [0.4, 0.5) is 11.4 Å². The molecule has 8 nitrogen and oxygen atoms in total. The topological polar surface area (TPSA) is 98.1 Å². The molecular formula is C21H23N5O3. The number of hydrogen-bond acceptors (Lipinski definition) is 5. The third kappa shape index (κ3) is 4.78. The monoisotopic (exact) mass is 393 g/mol. The van der Waals surface area contributed by atoms with E-state index in [1.807, 2.05) is 31.2 Å². The van der Waals surface area contributed by atoms with Gasteiger partial charge in [-0.2, -0.15) is 0 Å². The summed E-state index contributed by atoms with van der Waals surface area (Å²) in [4.78, 5) is 25.0. The molecule has 0 aliphatic carbocycles. The smallest absolute Gasteiger partial charge is 0.278 e. The van der Waals surface area contributed by atoms with Crippen LogP contribution >= 0.6 is 0 Å². The standard InChI is InChI=1S/C21H23N5O3/c1-4-15-8-5-6-11-18(15)23-21(28)20-14(2)26(25-24-20)13-19(27)22-16-9-7-10-17(12-16)29-3/h5-12H,4,13H2,1-3H3,(H,22,27)(H,23,28). The van der Waals surface area contributed by atoms with Gasteiger partial charge in [0.2, 0.25) is 5.91 Å². The number of rotatable bonds is 7. The Morgan fingerprint density at radius 1 is 1.10 bits per heavy atom. The molecule has 0 aliphatic heterocycles. The average molecular weight is 393 g/mol. The van der Waals surface area contributed by atoms with E-state index in [4.69, 9.17) is 4.74 Å². The fourth-order valence-electron chi connectivity index (χ4n) is 2.89. The fourth-order valence-corrected chi connectivity index (χ4v) is 2.89. The molecule has 8 heteroatoms. The van der Waals surface area contributed by atoms with Crippen molar-refractivity contribution in [3.05, 3.63) is 65.5 Å². The number of hydrogen-bond donors (Lipinski definition) is 2. The molecule has 0 saturated carbocycles.